The number of aromatic nitrogens is 1. The Morgan fingerprint density at radius 3 is 2.90 bits per heavy atom. The molecule has 1 N–H and O–H groups in total. The van der Waals surface area contributed by atoms with Crippen molar-refractivity contribution in [1.82, 2.24) is 10.3 Å². The maximum Gasteiger partial charge on any atom is 0.312 e. The molecule has 7 heteroatoms. The van der Waals surface area contributed by atoms with Gasteiger partial charge < -0.3 is 10.1 Å². The van der Waals surface area contributed by atoms with Crippen molar-refractivity contribution in [3.8, 4) is 17.6 Å². The summed E-state index contributed by atoms with van der Waals surface area (Å²) in [6, 6.07) is 7.65. The van der Waals surface area contributed by atoms with Crippen LogP contribution in [-0.2, 0) is 6.54 Å². The molecule has 0 saturated carbocycles. The highest BCUT2D eigenvalue weighted by atomic mass is 16.6. The lowest BCUT2D eigenvalue weighted by Gasteiger charge is -2.07. The first kappa shape index (κ1) is 14.4. The first-order valence-electron chi connectivity index (χ1n) is 6.09. The Morgan fingerprint density at radius 1 is 1.43 bits per heavy atom. The summed E-state index contributed by atoms with van der Waals surface area (Å²) in [7, 11) is 1.80. The average molecular weight is 284 g/mol. The predicted octanol–water partition coefficient (Wildman–Crippen LogP) is 2.37. The van der Waals surface area contributed by atoms with Gasteiger partial charge in [-0.25, -0.2) is 0 Å². The number of ether oxygens (including phenoxy) is 1. The number of pyridine rings is 1. The number of nitro benzene ring substituents is 1. The van der Waals surface area contributed by atoms with Gasteiger partial charge in [-0.05, 0) is 30.8 Å². The lowest BCUT2D eigenvalue weighted by molar-refractivity contribution is -0.385. The van der Waals surface area contributed by atoms with Gasteiger partial charge in [-0.2, -0.15) is 5.26 Å². The van der Waals surface area contributed by atoms with E-state index in [0.29, 0.717) is 12.3 Å². The van der Waals surface area contributed by atoms with E-state index in [9.17, 15) is 10.1 Å². The molecular weight excluding hydrogens is 272 g/mol. The molecule has 0 aliphatic rings. The highest BCUT2D eigenvalue weighted by Crippen LogP contribution is 2.32. The molecule has 0 unspecified atom stereocenters. The van der Waals surface area contributed by atoms with Crippen molar-refractivity contribution in [2.24, 2.45) is 0 Å². The molecule has 0 aliphatic carbocycles. The predicted molar refractivity (Wildman–Crippen MR) is 74.9 cm³/mol. The third kappa shape index (κ3) is 3.52. The highest BCUT2D eigenvalue weighted by Gasteiger charge is 2.17. The topological polar surface area (TPSA) is 101 Å². The molecule has 0 bridgehead atoms. The molecule has 0 saturated heterocycles. The Kier molecular flexibility index (Phi) is 4.43. The number of rotatable bonds is 5. The molecule has 0 fully saturated rings. The van der Waals surface area contributed by atoms with E-state index in [1.807, 2.05) is 6.07 Å². The third-order valence-electron chi connectivity index (χ3n) is 2.66. The van der Waals surface area contributed by atoms with Gasteiger partial charge in [-0.15, -0.1) is 0 Å². The van der Waals surface area contributed by atoms with Crippen LogP contribution in [-0.4, -0.2) is 17.0 Å². The van der Waals surface area contributed by atoms with Gasteiger partial charge in [0.2, 0.25) is 5.75 Å². The minimum absolute atomic E-state index is 0.0717. The van der Waals surface area contributed by atoms with E-state index in [0.717, 1.165) is 5.56 Å². The number of hydrogen-bond donors (Lipinski definition) is 1. The third-order valence-corrected chi connectivity index (χ3v) is 2.66. The van der Waals surface area contributed by atoms with Crippen LogP contribution in [0.2, 0.25) is 0 Å². The van der Waals surface area contributed by atoms with Crippen LogP contribution in [0.25, 0.3) is 0 Å². The summed E-state index contributed by atoms with van der Waals surface area (Å²) < 4.78 is 5.52. The normalized spacial score (nSPS) is 9.90. The molecule has 7 nitrogen and oxygen atoms in total. The summed E-state index contributed by atoms with van der Waals surface area (Å²) in [6.07, 6.45) is 3.15. The van der Waals surface area contributed by atoms with E-state index < -0.39 is 4.92 Å². The van der Waals surface area contributed by atoms with Crippen molar-refractivity contribution >= 4 is 5.69 Å². The average Bonchev–Trinajstić information content (AvgIpc) is 2.48. The Morgan fingerprint density at radius 2 is 2.24 bits per heavy atom. The van der Waals surface area contributed by atoms with Crippen LogP contribution in [0.5, 0.6) is 11.5 Å². The van der Waals surface area contributed by atoms with Crippen LogP contribution in [0.3, 0.4) is 0 Å². The van der Waals surface area contributed by atoms with Crippen LogP contribution in [0.15, 0.2) is 36.7 Å². The molecule has 21 heavy (non-hydrogen) atoms. The molecule has 2 rings (SSSR count). The van der Waals surface area contributed by atoms with E-state index in [-0.39, 0.29) is 17.0 Å². The van der Waals surface area contributed by atoms with Gasteiger partial charge in [0.05, 0.1) is 22.8 Å². The van der Waals surface area contributed by atoms with Crippen molar-refractivity contribution in [2.45, 2.75) is 6.54 Å². The molecule has 0 aliphatic heterocycles. The number of nitriles is 1. The number of nitrogens with zero attached hydrogens (tertiary/aromatic N) is 3. The maximum absolute atomic E-state index is 11.0. The van der Waals surface area contributed by atoms with Crippen LogP contribution in [0.4, 0.5) is 5.69 Å². The van der Waals surface area contributed by atoms with Gasteiger partial charge in [0.1, 0.15) is 5.75 Å². The van der Waals surface area contributed by atoms with Crippen molar-refractivity contribution in [2.75, 3.05) is 7.05 Å². The van der Waals surface area contributed by atoms with Crippen molar-refractivity contribution in [3.63, 3.8) is 0 Å². The van der Waals surface area contributed by atoms with E-state index in [2.05, 4.69) is 10.3 Å². The molecule has 0 radical (unpaired) electrons. The molecular formula is C14H12N4O3. The fraction of sp³-hybridized carbons (Fsp3) is 0.143. The SMILES string of the molecule is CNCc1cncc(Oc2ccc(C#N)cc2[N+](=O)[O-])c1. The maximum atomic E-state index is 11.0. The fourth-order valence-corrected chi connectivity index (χ4v) is 1.76. The molecule has 106 valence electrons. The minimum Gasteiger partial charge on any atom is -0.448 e. The first-order chi connectivity index (χ1) is 10.1. The zero-order valence-corrected chi connectivity index (χ0v) is 11.2. The van der Waals surface area contributed by atoms with Crippen LogP contribution in [0, 0.1) is 21.4 Å². The van der Waals surface area contributed by atoms with Crippen LogP contribution < -0.4 is 10.1 Å². The van der Waals surface area contributed by atoms with E-state index in [1.54, 1.807) is 19.3 Å². The van der Waals surface area contributed by atoms with Gasteiger partial charge in [0.25, 0.3) is 0 Å². The van der Waals surface area contributed by atoms with Gasteiger partial charge in [0, 0.05) is 18.8 Å². The minimum atomic E-state index is -0.582. The fourth-order valence-electron chi connectivity index (χ4n) is 1.76. The lowest BCUT2D eigenvalue weighted by Crippen LogP contribution is -2.05. The summed E-state index contributed by atoms with van der Waals surface area (Å²) in [5.41, 5.74) is 0.843. The highest BCUT2D eigenvalue weighted by molar-refractivity contribution is 5.53. The molecule has 2 aromatic rings. The second kappa shape index (κ2) is 6.45. The van der Waals surface area contributed by atoms with Crippen molar-refractivity contribution < 1.29 is 9.66 Å². The summed E-state index contributed by atoms with van der Waals surface area (Å²) in [5.74, 6) is 0.470. The molecule has 0 spiro atoms. The molecule has 0 atom stereocenters. The number of nitro groups is 1. The molecule has 1 aromatic heterocycles. The quantitative estimate of drug-likeness (QED) is 0.668. The zero-order chi connectivity index (χ0) is 15.2. The van der Waals surface area contributed by atoms with Gasteiger partial charge >= 0.3 is 5.69 Å². The largest absolute Gasteiger partial charge is 0.448 e. The molecule has 1 aromatic carbocycles. The van der Waals surface area contributed by atoms with E-state index in [1.165, 1.54) is 24.4 Å². The Labute approximate surface area is 121 Å². The second-order valence-electron chi connectivity index (χ2n) is 4.21. The number of benzene rings is 1. The number of nitrogens with one attached hydrogen (secondary N) is 1. The first-order valence-corrected chi connectivity index (χ1v) is 6.09. The zero-order valence-electron chi connectivity index (χ0n) is 11.2. The van der Waals surface area contributed by atoms with E-state index >= 15 is 0 Å². The summed E-state index contributed by atoms with van der Waals surface area (Å²) in [5, 5.41) is 22.8. The Balaban J connectivity index is 2.33. The smallest absolute Gasteiger partial charge is 0.312 e. The Hall–Kier alpha value is -2.98. The monoisotopic (exact) mass is 284 g/mol. The summed E-state index contributed by atoms with van der Waals surface area (Å²) >= 11 is 0. The second-order valence-corrected chi connectivity index (χ2v) is 4.21. The van der Waals surface area contributed by atoms with Crippen molar-refractivity contribution in [1.29, 1.82) is 5.26 Å². The van der Waals surface area contributed by atoms with Crippen LogP contribution >= 0.6 is 0 Å². The summed E-state index contributed by atoms with van der Waals surface area (Å²) in [4.78, 5) is 14.5. The Bertz CT molecular complexity index is 710. The lowest BCUT2D eigenvalue weighted by atomic mass is 10.2. The van der Waals surface area contributed by atoms with E-state index in [4.69, 9.17) is 10.00 Å². The summed E-state index contributed by atoms with van der Waals surface area (Å²) in [6.45, 7) is 0.611. The van der Waals surface area contributed by atoms with Gasteiger partial charge in [-0.3, -0.25) is 15.1 Å². The molecule has 0 amide bonds. The van der Waals surface area contributed by atoms with Gasteiger partial charge in [-0.1, -0.05) is 0 Å². The standard InChI is InChI=1S/C14H12N4O3/c1-16-7-11-4-12(9-17-8-11)21-14-3-2-10(6-15)5-13(14)18(19)20/h2-5,8-9,16H,7H2,1H3. The number of hydrogen-bond acceptors (Lipinski definition) is 6. The van der Waals surface area contributed by atoms with Crippen molar-refractivity contribution in [3.05, 3.63) is 57.9 Å². The molecule has 1 heterocycles. The van der Waals surface area contributed by atoms with Gasteiger partial charge in [0.15, 0.2) is 0 Å². The van der Waals surface area contributed by atoms with Crippen LogP contribution in [0.1, 0.15) is 11.1 Å².